The molecule has 82 valence electrons. The Morgan fingerprint density at radius 1 is 1.47 bits per heavy atom. The maximum Gasteiger partial charge on any atom is 0.225 e. The van der Waals surface area contributed by atoms with Gasteiger partial charge in [-0.25, -0.2) is 4.98 Å². The maximum atomic E-state index is 5.72. The summed E-state index contributed by atoms with van der Waals surface area (Å²) >= 11 is 5.68. The summed E-state index contributed by atoms with van der Waals surface area (Å²) in [6, 6.07) is 1.74. The molecule has 0 atom stereocenters. The van der Waals surface area contributed by atoms with Gasteiger partial charge in [0, 0.05) is 25.4 Å². The highest BCUT2D eigenvalue weighted by Gasteiger charge is 2.18. The van der Waals surface area contributed by atoms with Crippen LogP contribution >= 0.6 is 11.6 Å². The minimum atomic E-state index is 0.237. The Morgan fingerprint density at radius 3 is 2.87 bits per heavy atom. The van der Waals surface area contributed by atoms with Crippen molar-refractivity contribution in [1.29, 1.82) is 0 Å². The number of hydrogen-bond donors (Lipinski definition) is 0. The van der Waals surface area contributed by atoms with Gasteiger partial charge < -0.3 is 9.64 Å². The van der Waals surface area contributed by atoms with E-state index in [1.807, 2.05) is 0 Å². The first-order valence-corrected chi connectivity index (χ1v) is 5.45. The van der Waals surface area contributed by atoms with Crippen LogP contribution < -0.4 is 4.74 Å². The summed E-state index contributed by atoms with van der Waals surface area (Å²) in [4.78, 5) is 10.1. The standard InChI is InChI=1S/C10H14ClN3O/c1-14-6-3-8(4-7-14)15-9-2-5-12-10(11)13-9/h2,5,8H,3-4,6-7H2,1H3. The molecule has 5 heteroatoms. The van der Waals surface area contributed by atoms with Gasteiger partial charge in [0.25, 0.3) is 0 Å². The molecule has 1 aromatic heterocycles. The highest BCUT2D eigenvalue weighted by molar-refractivity contribution is 6.28. The molecule has 0 radical (unpaired) electrons. The fourth-order valence-electron chi connectivity index (χ4n) is 1.66. The molecular formula is C10H14ClN3O. The molecule has 1 saturated heterocycles. The van der Waals surface area contributed by atoms with Crippen molar-refractivity contribution in [2.24, 2.45) is 0 Å². The lowest BCUT2D eigenvalue weighted by atomic mass is 10.1. The number of likely N-dealkylation sites (tertiary alicyclic amines) is 1. The molecule has 0 aromatic carbocycles. The van der Waals surface area contributed by atoms with Crippen LogP contribution in [0.2, 0.25) is 5.28 Å². The van der Waals surface area contributed by atoms with Crippen LogP contribution in [-0.4, -0.2) is 41.1 Å². The molecule has 1 aliphatic heterocycles. The quantitative estimate of drug-likeness (QED) is 0.720. The highest BCUT2D eigenvalue weighted by atomic mass is 35.5. The Kier molecular flexibility index (Phi) is 3.38. The van der Waals surface area contributed by atoms with Crippen LogP contribution in [0.5, 0.6) is 5.88 Å². The van der Waals surface area contributed by atoms with E-state index < -0.39 is 0 Å². The van der Waals surface area contributed by atoms with Gasteiger partial charge in [-0.3, -0.25) is 0 Å². The molecule has 0 N–H and O–H groups in total. The van der Waals surface area contributed by atoms with Gasteiger partial charge in [-0.1, -0.05) is 0 Å². The lowest BCUT2D eigenvalue weighted by Gasteiger charge is -2.28. The number of aromatic nitrogens is 2. The van der Waals surface area contributed by atoms with Gasteiger partial charge >= 0.3 is 0 Å². The van der Waals surface area contributed by atoms with Crippen molar-refractivity contribution >= 4 is 11.6 Å². The summed E-state index contributed by atoms with van der Waals surface area (Å²) in [5, 5.41) is 0.237. The van der Waals surface area contributed by atoms with Gasteiger partial charge in [0.1, 0.15) is 6.10 Å². The molecule has 0 spiro atoms. The Labute approximate surface area is 94.2 Å². The van der Waals surface area contributed by atoms with Crippen molar-refractivity contribution in [3.63, 3.8) is 0 Å². The summed E-state index contributed by atoms with van der Waals surface area (Å²) in [6.45, 7) is 2.15. The zero-order valence-electron chi connectivity index (χ0n) is 8.69. The molecule has 2 heterocycles. The van der Waals surface area contributed by atoms with Crippen LogP contribution in [0, 0.1) is 0 Å². The molecule has 4 nitrogen and oxygen atoms in total. The monoisotopic (exact) mass is 227 g/mol. The van der Waals surface area contributed by atoms with Gasteiger partial charge in [-0.15, -0.1) is 0 Å². The number of piperidine rings is 1. The van der Waals surface area contributed by atoms with E-state index in [-0.39, 0.29) is 11.4 Å². The molecule has 0 saturated carbocycles. The van der Waals surface area contributed by atoms with Crippen LogP contribution in [0.4, 0.5) is 0 Å². The molecule has 0 aliphatic carbocycles. The minimum Gasteiger partial charge on any atom is -0.474 e. The molecule has 2 rings (SSSR count). The zero-order valence-corrected chi connectivity index (χ0v) is 9.44. The predicted octanol–water partition coefficient (Wildman–Crippen LogP) is 1.60. The number of halogens is 1. The molecule has 1 aromatic rings. The molecule has 1 fully saturated rings. The van der Waals surface area contributed by atoms with E-state index in [0.29, 0.717) is 5.88 Å². The molecule has 0 amide bonds. The van der Waals surface area contributed by atoms with Gasteiger partial charge in [-0.2, -0.15) is 4.98 Å². The third-order valence-electron chi connectivity index (χ3n) is 2.55. The van der Waals surface area contributed by atoms with Gasteiger partial charge in [0.15, 0.2) is 0 Å². The third-order valence-corrected chi connectivity index (χ3v) is 2.74. The van der Waals surface area contributed by atoms with E-state index in [4.69, 9.17) is 16.3 Å². The summed E-state index contributed by atoms with van der Waals surface area (Å²) < 4.78 is 5.72. The van der Waals surface area contributed by atoms with E-state index >= 15 is 0 Å². The summed E-state index contributed by atoms with van der Waals surface area (Å²) in [7, 11) is 2.12. The zero-order chi connectivity index (χ0) is 10.7. The topological polar surface area (TPSA) is 38.2 Å². The lowest BCUT2D eigenvalue weighted by molar-refractivity contribution is 0.110. The first kappa shape index (κ1) is 10.6. The fraction of sp³-hybridized carbons (Fsp3) is 0.600. The Morgan fingerprint density at radius 2 is 2.20 bits per heavy atom. The van der Waals surface area contributed by atoms with Crippen LogP contribution in [0.1, 0.15) is 12.8 Å². The van der Waals surface area contributed by atoms with Crippen molar-refractivity contribution in [1.82, 2.24) is 14.9 Å². The van der Waals surface area contributed by atoms with Crippen molar-refractivity contribution in [3.8, 4) is 5.88 Å². The summed E-state index contributed by atoms with van der Waals surface area (Å²) in [6.07, 6.45) is 3.95. The van der Waals surface area contributed by atoms with Crippen LogP contribution in [0.15, 0.2) is 12.3 Å². The third kappa shape index (κ3) is 3.04. The maximum absolute atomic E-state index is 5.72. The number of rotatable bonds is 2. The number of hydrogen-bond acceptors (Lipinski definition) is 4. The second kappa shape index (κ2) is 4.77. The van der Waals surface area contributed by atoms with E-state index in [1.165, 1.54) is 0 Å². The van der Waals surface area contributed by atoms with Crippen LogP contribution in [-0.2, 0) is 0 Å². The smallest absolute Gasteiger partial charge is 0.225 e. The average Bonchev–Trinajstić information content (AvgIpc) is 2.22. The van der Waals surface area contributed by atoms with Gasteiger partial charge in [-0.05, 0) is 31.5 Å². The fourth-order valence-corrected chi connectivity index (χ4v) is 1.80. The molecule has 0 bridgehead atoms. The molecule has 0 unspecified atom stereocenters. The molecular weight excluding hydrogens is 214 g/mol. The first-order valence-electron chi connectivity index (χ1n) is 5.08. The van der Waals surface area contributed by atoms with Crippen LogP contribution in [0.3, 0.4) is 0 Å². The Bertz CT molecular complexity index is 326. The first-order chi connectivity index (χ1) is 7.24. The normalized spacial score (nSPS) is 19.1. The number of nitrogens with zero attached hydrogens (tertiary/aromatic N) is 3. The average molecular weight is 228 g/mol. The van der Waals surface area contributed by atoms with E-state index in [2.05, 4.69) is 21.9 Å². The van der Waals surface area contributed by atoms with E-state index in [9.17, 15) is 0 Å². The molecule has 15 heavy (non-hydrogen) atoms. The van der Waals surface area contributed by atoms with Gasteiger partial charge in [0.05, 0.1) is 0 Å². The predicted molar refractivity (Wildman–Crippen MR) is 58.2 cm³/mol. The number of ether oxygens (including phenoxy) is 1. The minimum absolute atomic E-state index is 0.237. The summed E-state index contributed by atoms with van der Waals surface area (Å²) in [5.74, 6) is 0.574. The van der Waals surface area contributed by atoms with E-state index in [0.717, 1.165) is 25.9 Å². The Hall–Kier alpha value is -0.870. The van der Waals surface area contributed by atoms with Gasteiger partial charge in [0.2, 0.25) is 11.2 Å². The van der Waals surface area contributed by atoms with Crippen LogP contribution in [0.25, 0.3) is 0 Å². The van der Waals surface area contributed by atoms with Crippen molar-refractivity contribution < 1.29 is 4.74 Å². The SMILES string of the molecule is CN1CCC(Oc2ccnc(Cl)n2)CC1. The highest BCUT2D eigenvalue weighted by Crippen LogP contribution is 2.16. The largest absolute Gasteiger partial charge is 0.474 e. The Balaban J connectivity index is 1.92. The van der Waals surface area contributed by atoms with Crippen molar-refractivity contribution in [2.75, 3.05) is 20.1 Å². The van der Waals surface area contributed by atoms with Crippen molar-refractivity contribution in [3.05, 3.63) is 17.5 Å². The second-order valence-electron chi connectivity index (χ2n) is 3.78. The van der Waals surface area contributed by atoms with E-state index in [1.54, 1.807) is 12.3 Å². The summed E-state index contributed by atoms with van der Waals surface area (Å²) in [5.41, 5.74) is 0. The molecule has 1 aliphatic rings. The second-order valence-corrected chi connectivity index (χ2v) is 4.12. The van der Waals surface area contributed by atoms with Crippen molar-refractivity contribution in [2.45, 2.75) is 18.9 Å². The lowest BCUT2D eigenvalue weighted by Crippen LogP contribution is -2.35.